The fraction of sp³-hybridized carbons (Fsp3) is 0. The summed E-state index contributed by atoms with van der Waals surface area (Å²) in [5, 5.41) is 0. The highest BCUT2D eigenvalue weighted by Crippen LogP contribution is 2.20. The molecule has 0 unspecified atom stereocenters. The Labute approximate surface area is 96.1 Å². The van der Waals surface area contributed by atoms with E-state index in [-0.39, 0.29) is 5.69 Å². The Balaban J connectivity index is 2.31. The van der Waals surface area contributed by atoms with Gasteiger partial charge in [0, 0.05) is 6.07 Å². The lowest BCUT2D eigenvalue weighted by Crippen LogP contribution is -1.96. The minimum absolute atomic E-state index is 0.165. The maximum atomic E-state index is 13.6. The predicted molar refractivity (Wildman–Crippen MR) is 61.0 cm³/mol. The summed E-state index contributed by atoms with van der Waals surface area (Å²) < 4.78 is 28.3. The van der Waals surface area contributed by atoms with E-state index < -0.39 is 11.6 Å². The first-order chi connectivity index (χ1) is 8.25. The molecule has 0 amide bonds. The van der Waals surface area contributed by atoms with Gasteiger partial charge in [-0.25, -0.2) is 13.8 Å². The van der Waals surface area contributed by atoms with Crippen LogP contribution in [0, 0.1) is 11.6 Å². The Morgan fingerprint density at radius 2 is 1.82 bits per heavy atom. The van der Waals surface area contributed by atoms with Crippen LogP contribution in [0.15, 0.2) is 48.8 Å². The molecular weight excluding hydrogens is 222 g/mol. The van der Waals surface area contributed by atoms with Crippen LogP contribution >= 0.6 is 0 Å². The zero-order valence-corrected chi connectivity index (χ0v) is 8.77. The zero-order valence-electron chi connectivity index (χ0n) is 8.77. The quantitative estimate of drug-likeness (QED) is 0.627. The number of benzene rings is 2. The largest absolute Gasteiger partial charge is 0.296 e. The molecule has 0 radical (unpaired) electrons. The summed E-state index contributed by atoms with van der Waals surface area (Å²) in [5.41, 5.74) is 1.66. The highest BCUT2D eigenvalue weighted by atomic mass is 19.1. The molecule has 3 rings (SSSR count). The second-order valence-electron chi connectivity index (χ2n) is 3.70. The number of fused-ring (bicyclic) bond motifs is 1. The first kappa shape index (κ1) is 9.96. The van der Waals surface area contributed by atoms with E-state index in [1.54, 1.807) is 0 Å². The molecule has 0 fully saturated rings. The molecule has 2 aromatic carbocycles. The van der Waals surface area contributed by atoms with Crippen molar-refractivity contribution in [3.8, 4) is 5.69 Å². The predicted octanol–water partition coefficient (Wildman–Crippen LogP) is 3.30. The number of rotatable bonds is 1. The Kier molecular flexibility index (Phi) is 2.14. The van der Waals surface area contributed by atoms with Crippen molar-refractivity contribution in [2.24, 2.45) is 0 Å². The average molecular weight is 230 g/mol. The van der Waals surface area contributed by atoms with Gasteiger partial charge in [0.05, 0.1) is 16.7 Å². The van der Waals surface area contributed by atoms with Crippen LogP contribution in [0.5, 0.6) is 0 Å². The Morgan fingerprint density at radius 3 is 2.71 bits per heavy atom. The fourth-order valence-electron chi connectivity index (χ4n) is 1.82. The lowest BCUT2D eigenvalue weighted by atomic mass is 10.2. The SMILES string of the molecule is Fc1ccc(F)c(-n2cnc3ccccc32)c1. The smallest absolute Gasteiger partial charge is 0.147 e. The molecule has 4 heteroatoms. The molecule has 2 nitrogen and oxygen atoms in total. The third-order valence-corrected chi connectivity index (χ3v) is 2.62. The molecular formula is C13H8F2N2. The van der Waals surface area contributed by atoms with Gasteiger partial charge in [0.15, 0.2) is 0 Å². The molecule has 0 aliphatic rings. The van der Waals surface area contributed by atoms with Crippen molar-refractivity contribution in [2.75, 3.05) is 0 Å². The summed E-state index contributed by atoms with van der Waals surface area (Å²) in [6, 6.07) is 10.7. The van der Waals surface area contributed by atoms with E-state index in [9.17, 15) is 8.78 Å². The Hall–Kier alpha value is -2.23. The molecule has 0 saturated carbocycles. The van der Waals surface area contributed by atoms with Crippen LogP contribution in [-0.4, -0.2) is 9.55 Å². The number of nitrogens with zero attached hydrogens (tertiary/aromatic N) is 2. The van der Waals surface area contributed by atoms with E-state index in [1.807, 2.05) is 24.3 Å². The number of hydrogen-bond donors (Lipinski definition) is 0. The molecule has 84 valence electrons. The van der Waals surface area contributed by atoms with Gasteiger partial charge in [-0.1, -0.05) is 12.1 Å². The number of para-hydroxylation sites is 2. The Morgan fingerprint density at radius 1 is 1.00 bits per heavy atom. The van der Waals surface area contributed by atoms with Crippen molar-refractivity contribution in [3.05, 3.63) is 60.4 Å². The summed E-state index contributed by atoms with van der Waals surface area (Å²) in [4.78, 5) is 4.14. The van der Waals surface area contributed by atoms with Crippen LogP contribution in [-0.2, 0) is 0 Å². The first-order valence-corrected chi connectivity index (χ1v) is 5.13. The molecule has 3 aromatic rings. The number of halogens is 2. The average Bonchev–Trinajstić information content (AvgIpc) is 2.76. The number of hydrogen-bond acceptors (Lipinski definition) is 1. The van der Waals surface area contributed by atoms with Crippen LogP contribution in [0.2, 0.25) is 0 Å². The van der Waals surface area contributed by atoms with Gasteiger partial charge in [0.1, 0.15) is 18.0 Å². The molecule has 0 aliphatic carbocycles. The topological polar surface area (TPSA) is 17.8 Å². The summed E-state index contributed by atoms with van der Waals surface area (Å²) in [6.07, 6.45) is 1.49. The van der Waals surface area contributed by atoms with Gasteiger partial charge >= 0.3 is 0 Å². The number of aromatic nitrogens is 2. The normalized spacial score (nSPS) is 10.9. The lowest BCUT2D eigenvalue weighted by molar-refractivity contribution is 0.593. The fourth-order valence-corrected chi connectivity index (χ4v) is 1.82. The summed E-state index contributed by atoms with van der Waals surface area (Å²) in [6.45, 7) is 0. The van der Waals surface area contributed by atoms with Crippen LogP contribution in [0.1, 0.15) is 0 Å². The van der Waals surface area contributed by atoms with Crippen molar-refractivity contribution in [1.29, 1.82) is 0 Å². The summed E-state index contributed by atoms with van der Waals surface area (Å²) in [7, 11) is 0. The highest BCUT2D eigenvalue weighted by molar-refractivity contribution is 5.77. The minimum atomic E-state index is -0.477. The molecule has 1 aromatic heterocycles. The van der Waals surface area contributed by atoms with Gasteiger partial charge in [-0.3, -0.25) is 4.57 Å². The van der Waals surface area contributed by atoms with Crippen LogP contribution in [0.4, 0.5) is 8.78 Å². The van der Waals surface area contributed by atoms with Crippen molar-refractivity contribution in [2.45, 2.75) is 0 Å². The van der Waals surface area contributed by atoms with E-state index >= 15 is 0 Å². The third-order valence-electron chi connectivity index (χ3n) is 2.62. The molecule has 17 heavy (non-hydrogen) atoms. The maximum absolute atomic E-state index is 13.6. The highest BCUT2D eigenvalue weighted by Gasteiger charge is 2.09. The van der Waals surface area contributed by atoms with E-state index in [1.165, 1.54) is 10.9 Å². The van der Waals surface area contributed by atoms with Gasteiger partial charge in [0.2, 0.25) is 0 Å². The first-order valence-electron chi connectivity index (χ1n) is 5.13. The molecule has 0 bridgehead atoms. The molecule has 0 aliphatic heterocycles. The summed E-state index contributed by atoms with van der Waals surface area (Å²) in [5.74, 6) is -0.950. The minimum Gasteiger partial charge on any atom is -0.296 e. The van der Waals surface area contributed by atoms with E-state index in [0.29, 0.717) is 0 Å². The van der Waals surface area contributed by atoms with Crippen molar-refractivity contribution >= 4 is 11.0 Å². The van der Waals surface area contributed by atoms with Crippen LogP contribution in [0.3, 0.4) is 0 Å². The van der Waals surface area contributed by atoms with Crippen LogP contribution in [0.25, 0.3) is 16.7 Å². The number of imidazole rings is 1. The van der Waals surface area contributed by atoms with Gasteiger partial charge in [-0.2, -0.15) is 0 Å². The third kappa shape index (κ3) is 1.58. The molecule has 0 N–H and O–H groups in total. The van der Waals surface area contributed by atoms with E-state index in [2.05, 4.69) is 4.98 Å². The maximum Gasteiger partial charge on any atom is 0.147 e. The van der Waals surface area contributed by atoms with Gasteiger partial charge in [-0.05, 0) is 24.3 Å². The monoisotopic (exact) mass is 230 g/mol. The second-order valence-corrected chi connectivity index (χ2v) is 3.70. The van der Waals surface area contributed by atoms with Crippen molar-refractivity contribution < 1.29 is 8.78 Å². The van der Waals surface area contributed by atoms with Gasteiger partial charge in [-0.15, -0.1) is 0 Å². The van der Waals surface area contributed by atoms with E-state index in [4.69, 9.17) is 0 Å². The molecule has 0 atom stereocenters. The molecule has 0 saturated heterocycles. The standard InChI is InChI=1S/C13H8F2N2/c14-9-5-6-10(15)13(7-9)17-8-16-11-3-1-2-4-12(11)17/h1-8H. The zero-order chi connectivity index (χ0) is 11.8. The van der Waals surface area contributed by atoms with E-state index in [0.717, 1.165) is 29.2 Å². The molecule has 1 heterocycles. The lowest BCUT2D eigenvalue weighted by Gasteiger charge is -2.05. The van der Waals surface area contributed by atoms with Gasteiger partial charge in [0.25, 0.3) is 0 Å². The van der Waals surface area contributed by atoms with Crippen LogP contribution < -0.4 is 0 Å². The summed E-state index contributed by atoms with van der Waals surface area (Å²) >= 11 is 0. The second kappa shape index (κ2) is 3.66. The Bertz CT molecular complexity index is 689. The van der Waals surface area contributed by atoms with Gasteiger partial charge < -0.3 is 0 Å². The van der Waals surface area contributed by atoms with Crippen molar-refractivity contribution in [1.82, 2.24) is 9.55 Å². The molecule has 0 spiro atoms. The van der Waals surface area contributed by atoms with Crippen molar-refractivity contribution in [3.63, 3.8) is 0 Å².